The van der Waals surface area contributed by atoms with E-state index >= 15 is 0 Å². The minimum atomic E-state index is 0.0671. The molecule has 2 aromatic carbocycles. The molecule has 6 nitrogen and oxygen atoms in total. The summed E-state index contributed by atoms with van der Waals surface area (Å²) in [5.74, 6) is 1.58. The van der Waals surface area contributed by atoms with Crippen LogP contribution in [0, 0.1) is 0 Å². The SMILES string of the molecule is CCN(CC)CCN(C(=O)c1ccccc1OC)C1CCN(c2ccc(OC)cc2)CC1. The first kappa shape index (κ1) is 23.9. The van der Waals surface area contributed by atoms with Crippen LogP contribution in [0.4, 0.5) is 5.69 Å². The molecule has 0 aromatic heterocycles. The van der Waals surface area contributed by atoms with Crippen molar-refractivity contribution in [2.75, 3.05) is 58.4 Å². The van der Waals surface area contributed by atoms with Crippen molar-refractivity contribution < 1.29 is 14.3 Å². The van der Waals surface area contributed by atoms with E-state index in [1.165, 1.54) is 5.69 Å². The van der Waals surface area contributed by atoms with Crippen molar-refractivity contribution in [1.82, 2.24) is 9.80 Å². The summed E-state index contributed by atoms with van der Waals surface area (Å²) in [7, 11) is 3.31. The lowest BCUT2D eigenvalue weighted by Gasteiger charge is -2.40. The number of amides is 1. The van der Waals surface area contributed by atoms with Gasteiger partial charge in [-0.1, -0.05) is 26.0 Å². The van der Waals surface area contributed by atoms with Crippen molar-refractivity contribution in [3.8, 4) is 11.5 Å². The minimum absolute atomic E-state index is 0.0671. The Balaban J connectivity index is 1.73. The van der Waals surface area contributed by atoms with Crippen molar-refractivity contribution in [2.24, 2.45) is 0 Å². The lowest BCUT2D eigenvalue weighted by atomic mass is 10.0. The fourth-order valence-corrected chi connectivity index (χ4v) is 4.44. The quantitative estimate of drug-likeness (QED) is 0.556. The van der Waals surface area contributed by atoms with Gasteiger partial charge in [0.15, 0.2) is 0 Å². The molecule has 0 saturated carbocycles. The van der Waals surface area contributed by atoms with Crippen LogP contribution in [-0.4, -0.2) is 75.2 Å². The Kier molecular flexibility index (Phi) is 8.80. The second-order valence-electron chi connectivity index (χ2n) is 8.14. The van der Waals surface area contributed by atoms with Crippen LogP contribution in [0.2, 0.25) is 0 Å². The van der Waals surface area contributed by atoms with Crippen molar-refractivity contribution in [2.45, 2.75) is 32.7 Å². The van der Waals surface area contributed by atoms with Crippen molar-refractivity contribution in [1.29, 1.82) is 0 Å². The van der Waals surface area contributed by atoms with Crippen LogP contribution in [0.3, 0.4) is 0 Å². The molecule has 1 saturated heterocycles. The number of carbonyl (C=O) groups excluding carboxylic acids is 1. The molecule has 0 unspecified atom stereocenters. The van der Waals surface area contributed by atoms with Gasteiger partial charge in [-0.15, -0.1) is 0 Å². The molecule has 0 radical (unpaired) electrons. The molecule has 1 heterocycles. The van der Waals surface area contributed by atoms with Gasteiger partial charge in [0, 0.05) is 37.9 Å². The number of carbonyl (C=O) groups is 1. The normalized spacial score (nSPS) is 14.5. The third-order valence-electron chi connectivity index (χ3n) is 6.49. The first-order valence-corrected chi connectivity index (χ1v) is 11.7. The van der Waals surface area contributed by atoms with Crippen LogP contribution in [-0.2, 0) is 0 Å². The first-order valence-electron chi connectivity index (χ1n) is 11.7. The Labute approximate surface area is 192 Å². The average Bonchev–Trinajstić information content (AvgIpc) is 2.86. The number of ether oxygens (including phenoxy) is 2. The number of benzene rings is 2. The predicted octanol–water partition coefficient (Wildman–Crippen LogP) is 4.16. The summed E-state index contributed by atoms with van der Waals surface area (Å²) >= 11 is 0. The zero-order chi connectivity index (χ0) is 22.9. The summed E-state index contributed by atoms with van der Waals surface area (Å²) in [5, 5.41) is 0. The van der Waals surface area contributed by atoms with Crippen LogP contribution in [0.5, 0.6) is 11.5 Å². The van der Waals surface area contributed by atoms with Gasteiger partial charge in [0.1, 0.15) is 11.5 Å². The summed E-state index contributed by atoms with van der Waals surface area (Å²) in [4.78, 5) is 20.5. The topological polar surface area (TPSA) is 45.2 Å². The van der Waals surface area contributed by atoms with Crippen LogP contribution in [0.1, 0.15) is 37.0 Å². The third-order valence-corrected chi connectivity index (χ3v) is 6.49. The van der Waals surface area contributed by atoms with E-state index < -0.39 is 0 Å². The Morgan fingerprint density at radius 2 is 1.59 bits per heavy atom. The van der Waals surface area contributed by atoms with Gasteiger partial charge in [-0.3, -0.25) is 4.79 Å². The fraction of sp³-hybridized carbons (Fsp3) is 0.500. The lowest BCUT2D eigenvalue weighted by molar-refractivity contribution is 0.0621. The Morgan fingerprint density at radius 1 is 0.938 bits per heavy atom. The molecule has 0 bridgehead atoms. The summed E-state index contributed by atoms with van der Waals surface area (Å²) in [6, 6.07) is 16.0. The van der Waals surface area contributed by atoms with Crippen LogP contribution < -0.4 is 14.4 Å². The molecule has 3 rings (SSSR count). The number of likely N-dealkylation sites (N-methyl/N-ethyl adjacent to an activating group) is 1. The van der Waals surface area contributed by atoms with E-state index in [-0.39, 0.29) is 11.9 Å². The van der Waals surface area contributed by atoms with Gasteiger partial charge in [0.25, 0.3) is 5.91 Å². The van der Waals surface area contributed by atoms with E-state index in [2.05, 4.69) is 40.7 Å². The minimum Gasteiger partial charge on any atom is -0.497 e. The number of piperidine rings is 1. The zero-order valence-electron chi connectivity index (χ0n) is 19.9. The lowest BCUT2D eigenvalue weighted by Crippen LogP contribution is -2.50. The maximum Gasteiger partial charge on any atom is 0.257 e. The molecule has 32 heavy (non-hydrogen) atoms. The summed E-state index contributed by atoms with van der Waals surface area (Å²) < 4.78 is 10.8. The molecular formula is C26H37N3O3. The van der Waals surface area contributed by atoms with Crippen LogP contribution in [0.15, 0.2) is 48.5 Å². The summed E-state index contributed by atoms with van der Waals surface area (Å²) in [5.41, 5.74) is 1.85. The summed E-state index contributed by atoms with van der Waals surface area (Å²) in [6.45, 7) is 9.78. The van der Waals surface area contributed by atoms with Crippen molar-refractivity contribution in [3.05, 3.63) is 54.1 Å². The van der Waals surface area contributed by atoms with Crippen LogP contribution >= 0.6 is 0 Å². The van der Waals surface area contributed by atoms with E-state index in [0.29, 0.717) is 11.3 Å². The van der Waals surface area contributed by atoms with Crippen molar-refractivity contribution in [3.63, 3.8) is 0 Å². The van der Waals surface area contributed by atoms with Gasteiger partial charge in [-0.2, -0.15) is 0 Å². The third kappa shape index (κ3) is 5.74. The maximum absolute atomic E-state index is 13.6. The van der Waals surface area contributed by atoms with Gasteiger partial charge >= 0.3 is 0 Å². The van der Waals surface area contributed by atoms with E-state index in [0.717, 1.165) is 57.9 Å². The average molecular weight is 440 g/mol. The first-order chi connectivity index (χ1) is 15.6. The number of anilines is 1. The molecule has 1 aliphatic rings. The number of hydrogen-bond donors (Lipinski definition) is 0. The van der Waals surface area contributed by atoms with Gasteiger partial charge in [-0.25, -0.2) is 0 Å². The molecule has 0 spiro atoms. The molecule has 0 aliphatic carbocycles. The number of para-hydroxylation sites is 1. The largest absolute Gasteiger partial charge is 0.497 e. The van der Waals surface area contributed by atoms with Crippen LogP contribution in [0.25, 0.3) is 0 Å². The maximum atomic E-state index is 13.6. The zero-order valence-corrected chi connectivity index (χ0v) is 19.9. The predicted molar refractivity (Wildman–Crippen MR) is 130 cm³/mol. The Bertz CT molecular complexity index is 844. The fourth-order valence-electron chi connectivity index (χ4n) is 4.44. The van der Waals surface area contributed by atoms with Gasteiger partial charge in [-0.05, 0) is 62.3 Å². The highest BCUT2D eigenvalue weighted by Gasteiger charge is 2.30. The van der Waals surface area contributed by atoms with E-state index in [1.807, 2.05) is 36.4 Å². The monoisotopic (exact) mass is 439 g/mol. The molecule has 1 fully saturated rings. The standard InChI is InChI=1S/C26H37N3O3/c1-5-27(6-2)19-20-29(26(30)24-9-7-8-10-25(24)32-4)22-15-17-28(18-16-22)21-11-13-23(31-3)14-12-21/h7-14,22H,5-6,15-20H2,1-4H3. The molecule has 0 atom stereocenters. The Hall–Kier alpha value is -2.73. The number of rotatable bonds is 10. The molecule has 2 aromatic rings. The molecule has 174 valence electrons. The van der Waals surface area contributed by atoms with Crippen molar-refractivity contribution >= 4 is 11.6 Å². The highest BCUT2D eigenvalue weighted by atomic mass is 16.5. The Morgan fingerprint density at radius 3 is 2.19 bits per heavy atom. The van der Waals surface area contributed by atoms with Gasteiger partial charge in [0.2, 0.25) is 0 Å². The van der Waals surface area contributed by atoms with E-state index in [1.54, 1.807) is 14.2 Å². The molecule has 1 amide bonds. The van der Waals surface area contributed by atoms with E-state index in [4.69, 9.17) is 9.47 Å². The second kappa shape index (κ2) is 11.8. The number of nitrogens with zero attached hydrogens (tertiary/aromatic N) is 3. The molecule has 0 N–H and O–H groups in total. The molecule has 6 heteroatoms. The smallest absolute Gasteiger partial charge is 0.257 e. The van der Waals surface area contributed by atoms with E-state index in [9.17, 15) is 4.79 Å². The second-order valence-corrected chi connectivity index (χ2v) is 8.14. The van der Waals surface area contributed by atoms with Gasteiger partial charge < -0.3 is 24.2 Å². The number of methoxy groups -OCH3 is 2. The molecular weight excluding hydrogens is 402 g/mol. The van der Waals surface area contributed by atoms with Gasteiger partial charge in [0.05, 0.1) is 19.8 Å². The highest BCUT2D eigenvalue weighted by Crippen LogP contribution is 2.27. The number of hydrogen-bond acceptors (Lipinski definition) is 5. The molecule has 1 aliphatic heterocycles. The highest BCUT2D eigenvalue weighted by molar-refractivity contribution is 5.97. The summed E-state index contributed by atoms with van der Waals surface area (Å²) in [6.07, 6.45) is 1.90.